The van der Waals surface area contributed by atoms with E-state index in [1.165, 1.54) is 12.1 Å². The molecule has 0 aliphatic heterocycles. The minimum Gasteiger partial charge on any atom is -0.207 e. The second-order valence-corrected chi connectivity index (χ2v) is 3.95. The summed E-state index contributed by atoms with van der Waals surface area (Å²) in [5, 5.41) is 0.967. The van der Waals surface area contributed by atoms with Crippen LogP contribution in [-0.2, 0) is 0 Å². The lowest BCUT2D eigenvalue weighted by molar-refractivity contribution is 0.626. The molecule has 0 atom stereocenters. The molecule has 0 saturated carbocycles. The van der Waals surface area contributed by atoms with Crippen molar-refractivity contribution in [2.24, 2.45) is 0 Å². The highest BCUT2D eigenvalue weighted by Crippen LogP contribution is 2.17. The summed E-state index contributed by atoms with van der Waals surface area (Å²) in [5.74, 6) is 0.847. The Morgan fingerprint density at radius 1 is 1.27 bits per heavy atom. The zero-order valence-electron chi connectivity index (χ0n) is 5.89. The summed E-state index contributed by atoms with van der Waals surface area (Å²) in [6.45, 7) is 0. The van der Waals surface area contributed by atoms with Crippen molar-refractivity contribution in [3.63, 3.8) is 0 Å². The number of benzene rings is 1. The molecule has 0 amide bonds. The lowest BCUT2D eigenvalue weighted by Crippen LogP contribution is -1.79. The molecule has 1 aromatic carbocycles. The molecule has 3 heteroatoms. The van der Waals surface area contributed by atoms with Gasteiger partial charge in [0.25, 0.3) is 0 Å². The van der Waals surface area contributed by atoms with Crippen LogP contribution in [0.15, 0.2) is 29.2 Å². The third-order valence-corrected chi connectivity index (χ3v) is 3.09. The summed E-state index contributed by atoms with van der Waals surface area (Å²) in [6.07, 6.45) is 0. The molecule has 60 valence electrons. The monoisotopic (exact) mass is 234 g/mol. The molecule has 0 N–H and O–H groups in total. The minimum absolute atomic E-state index is 0.173. The molecule has 0 aromatic heterocycles. The summed E-state index contributed by atoms with van der Waals surface area (Å²) < 4.78 is 12.4. The van der Waals surface area contributed by atoms with Crippen molar-refractivity contribution in [2.75, 3.05) is 11.1 Å². The van der Waals surface area contributed by atoms with Gasteiger partial charge < -0.3 is 0 Å². The molecule has 0 aliphatic carbocycles. The van der Waals surface area contributed by atoms with Gasteiger partial charge in [0.2, 0.25) is 0 Å². The van der Waals surface area contributed by atoms with Crippen LogP contribution in [0.1, 0.15) is 0 Å². The minimum atomic E-state index is -0.173. The normalized spacial score (nSPS) is 10.0. The average molecular weight is 235 g/mol. The van der Waals surface area contributed by atoms with Crippen molar-refractivity contribution in [2.45, 2.75) is 4.90 Å². The van der Waals surface area contributed by atoms with Crippen LogP contribution in [0, 0.1) is 5.82 Å². The molecule has 1 aromatic rings. The van der Waals surface area contributed by atoms with Crippen molar-refractivity contribution < 1.29 is 4.39 Å². The highest BCUT2D eigenvalue weighted by Gasteiger charge is 1.92. The van der Waals surface area contributed by atoms with Crippen LogP contribution in [0.25, 0.3) is 0 Å². The summed E-state index contributed by atoms with van der Waals surface area (Å²) in [4.78, 5) is 1.12. The third-order valence-electron chi connectivity index (χ3n) is 1.16. The zero-order valence-corrected chi connectivity index (χ0v) is 8.29. The van der Waals surface area contributed by atoms with E-state index in [4.69, 9.17) is 0 Å². The quantitative estimate of drug-likeness (QED) is 0.572. The molecular weight excluding hydrogens is 227 g/mol. The Kier molecular flexibility index (Phi) is 3.94. The lowest BCUT2D eigenvalue weighted by Gasteiger charge is -1.96. The maximum absolute atomic E-state index is 12.4. The van der Waals surface area contributed by atoms with E-state index in [2.05, 4.69) is 15.9 Å². The Hall–Kier alpha value is -0.0200. The highest BCUT2D eigenvalue weighted by atomic mass is 79.9. The first-order valence-corrected chi connectivity index (χ1v) is 5.38. The molecule has 0 spiro atoms. The molecule has 0 unspecified atom stereocenters. The van der Waals surface area contributed by atoms with Crippen LogP contribution in [0.4, 0.5) is 4.39 Å². The fourth-order valence-corrected chi connectivity index (χ4v) is 1.81. The van der Waals surface area contributed by atoms with Gasteiger partial charge in [0, 0.05) is 16.0 Å². The van der Waals surface area contributed by atoms with Crippen molar-refractivity contribution in [3.8, 4) is 0 Å². The number of thioether (sulfide) groups is 1. The van der Waals surface area contributed by atoms with Gasteiger partial charge in [-0.25, -0.2) is 4.39 Å². The maximum Gasteiger partial charge on any atom is 0.123 e. The van der Waals surface area contributed by atoms with Gasteiger partial charge in [-0.3, -0.25) is 0 Å². The second-order valence-electron chi connectivity index (χ2n) is 1.99. The Balaban J connectivity index is 2.52. The van der Waals surface area contributed by atoms with E-state index < -0.39 is 0 Å². The van der Waals surface area contributed by atoms with Gasteiger partial charge in [-0.15, -0.1) is 11.8 Å². The number of alkyl halides is 1. The highest BCUT2D eigenvalue weighted by molar-refractivity contribution is 9.09. The number of rotatable bonds is 3. The topological polar surface area (TPSA) is 0 Å². The summed E-state index contributed by atoms with van der Waals surface area (Å²) in [5.41, 5.74) is 0. The van der Waals surface area contributed by atoms with Crippen LogP contribution in [0.2, 0.25) is 0 Å². The SMILES string of the molecule is Fc1ccc(SCCBr)cc1. The standard InChI is InChI=1S/C8H8BrFS/c9-5-6-11-8-3-1-7(10)2-4-8/h1-4H,5-6H2. The van der Waals surface area contributed by atoms with Crippen molar-refractivity contribution in [1.82, 2.24) is 0 Å². The summed E-state index contributed by atoms with van der Waals surface area (Å²) in [7, 11) is 0. The van der Waals surface area contributed by atoms with Crippen LogP contribution in [-0.4, -0.2) is 11.1 Å². The fraction of sp³-hybridized carbons (Fsp3) is 0.250. The Labute approximate surface area is 78.3 Å². The lowest BCUT2D eigenvalue weighted by atomic mass is 10.4. The van der Waals surface area contributed by atoms with Gasteiger partial charge in [0.1, 0.15) is 5.82 Å². The van der Waals surface area contributed by atoms with Gasteiger partial charge in [-0.05, 0) is 24.3 Å². The average Bonchev–Trinajstić information content (AvgIpc) is 2.04. The Bertz CT molecular complexity index is 210. The van der Waals surface area contributed by atoms with E-state index in [9.17, 15) is 4.39 Å². The zero-order chi connectivity index (χ0) is 8.10. The van der Waals surface area contributed by atoms with Gasteiger partial charge in [0.05, 0.1) is 0 Å². The van der Waals surface area contributed by atoms with Crippen LogP contribution >= 0.6 is 27.7 Å². The first-order valence-electron chi connectivity index (χ1n) is 3.27. The third kappa shape index (κ3) is 3.25. The molecule has 0 saturated heterocycles. The largest absolute Gasteiger partial charge is 0.207 e. The molecule has 0 radical (unpaired) electrons. The van der Waals surface area contributed by atoms with E-state index in [-0.39, 0.29) is 5.82 Å². The predicted molar refractivity (Wildman–Crippen MR) is 50.9 cm³/mol. The first-order chi connectivity index (χ1) is 5.33. The van der Waals surface area contributed by atoms with E-state index >= 15 is 0 Å². The van der Waals surface area contributed by atoms with Crippen molar-refractivity contribution >= 4 is 27.7 Å². The van der Waals surface area contributed by atoms with Crippen molar-refractivity contribution in [1.29, 1.82) is 0 Å². The van der Waals surface area contributed by atoms with Crippen LogP contribution in [0.5, 0.6) is 0 Å². The summed E-state index contributed by atoms with van der Waals surface area (Å²) >= 11 is 5.04. The number of halogens is 2. The van der Waals surface area contributed by atoms with E-state index in [0.29, 0.717) is 0 Å². The first kappa shape index (κ1) is 9.07. The van der Waals surface area contributed by atoms with Gasteiger partial charge in [0.15, 0.2) is 0 Å². The molecule has 1 rings (SSSR count). The molecule has 0 aliphatic rings. The summed E-state index contributed by atoms with van der Waals surface area (Å²) in [6, 6.07) is 6.55. The van der Waals surface area contributed by atoms with Crippen LogP contribution < -0.4 is 0 Å². The predicted octanol–water partition coefficient (Wildman–Crippen LogP) is 3.31. The van der Waals surface area contributed by atoms with Crippen LogP contribution in [0.3, 0.4) is 0 Å². The smallest absolute Gasteiger partial charge is 0.123 e. The fourth-order valence-electron chi connectivity index (χ4n) is 0.687. The molecule has 0 bridgehead atoms. The number of hydrogen-bond acceptors (Lipinski definition) is 1. The van der Waals surface area contributed by atoms with Gasteiger partial charge in [-0.2, -0.15) is 0 Å². The van der Waals surface area contributed by atoms with Gasteiger partial charge in [-0.1, -0.05) is 15.9 Å². The van der Waals surface area contributed by atoms with E-state index in [0.717, 1.165) is 16.0 Å². The maximum atomic E-state index is 12.4. The molecule has 0 fully saturated rings. The molecule has 0 heterocycles. The Morgan fingerprint density at radius 3 is 2.45 bits per heavy atom. The second kappa shape index (κ2) is 4.78. The molecule has 11 heavy (non-hydrogen) atoms. The van der Waals surface area contributed by atoms with Crippen molar-refractivity contribution in [3.05, 3.63) is 30.1 Å². The van der Waals surface area contributed by atoms with Gasteiger partial charge >= 0.3 is 0 Å². The Morgan fingerprint density at radius 2 is 1.91 bits per heavy atom. The molecule has 0 nitrogen and oxygen atoms in total. The molecular formula is C8H8BrFS. The number of hydrogen-bond donors (Lipinski definition) is 0. The van der Waals surface area contributed by atoms with E-state index in [1.807, 2.05) is 0 Å². The van der Waals surface area contributed by atoms with E-state index in [1.54, 1.807) is 23.9 Å².